The zero-order valence-electron chi connectivity index (χ0n) is 11.6. The molecule has 0 spiro atoms. The summed E-state index contributed by atoms with van der Waals surface area (Å²) in [7, 11) is 1.87. The zero-order chi connectivity index (χ0) is 13.9. The van der Waals surface area contributed by atoms with Gasteiger partial charge in [-0.3, -0.25) is 4.90 Å². The lowest BCUT2D eigenvalue weighted by Gasteiger charge is -2.29. The predicted octanol–water partition coefficient (Wildman–Crippen LogP) is 1.66. The van der Waals surface area contributed by atoms with Crippen LogP contribution in [0.1, 0.15) is 16.8 Å². The Hall–Kier alpha value is -2.14. The lowest BCUT2D eigenvalue weighted by atomic mass is 10.0. The van der Waals surface area contributed by atoms with Gasteiger partial charge in [-0.2, -0.15) is 4.98 Å². The van der Waals surface area contributed by atoms with Crippen LogP contribution in [0.4, 0.5) is 11.8 Å². The van der Waals surface area contributed by atoms with Gasteiger partial charge in [0.25, 0.3) is 0 Å². The molecule has 5 nitrogen and oxygen atoms in total. The quantitative estimate of drug-likeness (QED) is 0.887. The first-order chi connectivity index (χ1) is 9.76. The third-order valence-corrected chi connectivity index (χ3v) is 3.65. The third-order valence-electron chi connectivity index (χ3n) is 3.65. The van der Waals surface area contributed by atoms with E-state index >= 15 is 0 Å². The number of anilines is 2. The van der Waals surface area contributed by atoms with Gasteiger partial charge in [0, 0.05) is 32.2 Å². The molecule has 0 fully saturated rings. The summed E-state index contributed by atoms with van der Waals surface area (Å²) >= 11 is 0. The van der Waals surface area contributed by atoms with Crippen molar-refractivity contribution in [2.24, 2.45) is 0 Å². The minimum Gasteiger partial charge on any atom is -0.373 e. The Kier molecular flexibility index (Phi) is 3.52. The highest BCUT2D eigenvalue weighted by Crippen LogP contribution is 2.24. The van der Waals surface area contributed by atoms with Crippen molar-refractivity contribution in [2.45, 2.75) is 19.5 Å². The molecule has 20 heavy (non-hydrogen) atoms. The van der Waals surface area contributed by atoms with Gasteiger partial charge in [-0.05, 0) is 12.0 Å². The van der Waals surface area contributed by atoms with E-state index in [1.165, 1.54) is 11.1 Å². The van der Waals surface area contributed by atoms with E-state index in [0.717, 1.165) is 37.6 Å². The Balaban J connectivity index is 1.80. The molecule has 5 heteroatoms. The van der Waals surface area contributed by atoms with Crippen LogP contribution < -0.4 is 11.1 Å². The molecule has 0 amide bonds. The van der Waals surface area contributed by atoms with Crippen molar-refractivity contribution in [1.82, 2.24) is 14.9 Å². The molecule has 0 saturated heterocycles. The molecule has 0 atom stereocenters. The second kappa shape index (κ2) is 5.46. The summed E-state index contributed by atoms with van der Waals surface area (Å²) in [4.78, 5) is 11.0. The molecule has 104 valence electrons. The van der Waals surface area contributed by atoms with Crippen molar-refractivity contribution in [2.75, 3.05) is 24.6 Å². The summed E-state index contributed by atoms with van der Waals surface area (Å²) in [6.07, 6.45) is 0.957. The molecule has 0 radical (unpaired) electrons. The average Bonchev–Trinajstić information content (AvgIpc) is 2.47. The summed E-state index contributed by atoms with van der Waals surface area (Å²) in [5.74, 6) is 1.21. The summed E-state index contributed by atoms with van der Waals surface area (Å²) in [6, 6.07) is 10.5. The van der Waals surface area contributed by atoms with E-state index in [9.17, 15) is 0 Å². The number of nitrogen functional groups attached to an aromatic ring is 1. The van der Waals surface area contributed by atoms with Crippen LogP contribution in [0, 0.1) is 0 Å². The first kappa shape index (κ1) is 12.9. The van der Waals surface area contributed by atoms with Gasteiger partial charge in [-0.25, -0.2) is 4.98 Å². The lowest BCUT2D eigenvalue weighted by Crippen LogP contribution is -2.31. The van der Waals surface area contributed by atoms with E-state index in [2.05, 4.69) is 44.5 Å². The summed E-state index contributed by atoms with van der Waals surface area (Å²) in [5.41, 5.74) is 9.35. The van der Waals surface area contributed by atoms with Crippen molar-refractivity contribution in [1.29, 1.82) is 0 Å². The minimum atomic E-state index is 0.342. The third kappa shape index (κ3) is 2.58. The topological polar surface area (TPSA) is 67.1 Å². The number of fused-ring (bicyclic) bond motifs is 1. The molecular weight excluding hydrogens is 250 g/mol. The molecule has 0 unspecified atom stereocenters. The Bertz CT molecular complexity index is 597. The largest absolute Gasteiger partial charge is 0.373 e. The second-order valence-electron chi connectivity index (χ2n) is 5.05. The van der Waals surface area contributed by atoms with Crippen molar-refractivity contribution < 1.29 is 0 Å². The molecule has 2 aromatic rings. The van der Waals surface area contributed by atoms with Crippen molar-refractivity contribution in [3.63, 3.8) is 0 Å². The number of nitrogens with one attached hydrogen (secondary N) is 1. The number of aromatic nitrogens is 2. The normalized spacial score (nSPS) is 14.8. The number of hydrogen-bond donors (Lipinski definition) is 2. The second-order valence-corrected chi connectivity index (χ2v) is 5.05. The van der Waals surface area contributed by atoms with Crippen molar-refractivity contribution in [3.05, 3.63) is 47.2 Å². The first-order valence-corrected chi connectivity index (χ1v) is 6.85. The Morgan fingerprint density at radius 3 is 2.80 bits per heavy atom. The van der Waals surface area contributed by atoms with Gasteiger partial charge >= 0.3 is 0 Å². The Morgan fingerprint density at radius 2 is 2.05 bits per heavy atom. The zero-order valence-corrected chi connectivity index (χ0v) is 11.6. The lowest BCUT2D eigenvalue weighted by molar-refractivity contribution is 0.241. The molecular formula is C15H19N5. The van der Waals surface area contributed by atoms with E-state index in [1.54, 1.807) is 0 Å². The molecule has 1 aliphatic rings. The van der Waals surface area contributed by atoms with E-state index in [1.807, 2.05) is 13.1 Å². The van der Waals surface area contributed by atoms with Crippen molar-refractivity contribution in [3.8, 4) is 0 Å². The predicted molar refractivity (Wildman–Crippen MR) is 80.3 cm³/mol. The summed E-state index contributed by atoms with van der Waals surface area (Å²) in [5, 5.41) is 3.11. The maximum absolute atomic E-state index is 5.78. The molecule has 2 heterocycles. The molecule has 1 aromatic heterocycles. The standard InChI is InChI=1S/C15H19N5/c1-17-14-12-7-8-20(9-11-5-3-2-4-6-11)10-13(12)18-15(16)19-14/h2-6H,7-10H2,1H3,(H3,16,17,18,19). The smallest absolute Gasteiger partial charge is 0.222 e. The van der Waals surface area contributed by atoms with Crippen LogP contribution in [0.25, 0.3) is 0 Å². The molecule has 3 rings (SSSR count). The van der Waals surface area contributed by atoms with E-state index in [0.29, 0.717) is 5.95 Å². The molecule has 0 aliphatic carbocycles. The van der Waals surface area contributed by atoms with E-state index in [-0.39, 0.29) is 0 Å². The van der Waals surface area contributed by atoms with Crippen LogP contribution in [0.5, 0.6) is 0 Å². The van der Waals surface area contributed by atoms with Crippen LogP contribution in [0.3, 0.4) is 0 Å². The van der Waals surface area contributed by atoms with Crippen LogP contribution >= 0.6 is 0 Å². The molecule has 1 aromatic carbocycles. The Labute approximate surface area is 118 Å². The molecule has 3 N–H and O–H groups in total. The highest BCUT2D eigenvalue weighted by molar-refractivity contribution is 5.50. The van der Waals surface area contributed by atoms with Crippen LogP contribution in [0.2, 0.25) is 0 Å². The SMILES string of the molecule is CNc1nc(N)nc2c1CCN(Cc1ccccc1)C2. The summed E-state index contributed by atoms with van der Waals surface area (Å²) < 4.78 is 0. The van der Waals surface area contributed by atoms with Gasteiger partial charge in [0.2, 0.25) is 5.95 Å². The number of nitrogens with zero attached hydrogens (tertiary/aromatic N) is 3. The van der Waals surface area contributed by atoms with Crippen LogP contribution in [0.15, 0.2) is 30.3 Å². The number of benzene rings is 1. The highest BCUT2D eigenvalue weighted by atomic mass is 15.2. The van der Waals surface area contributed by atoms with Crippen LogP contribution in [-0.2, 0) is 19.5 Å². The number of nitrogens with two attached hydrogens (primary N) is 1. The fourth-order valence-electron chi connectivity index (χ4n) is 2.69. The van der Waals surface area contributed by atoms with Gasteiger partial charge in [0.05, 0.1) is 5.69 Å². The van der Waals surface area contributed by atoms with Gasteiger partial charge < -0.3 is 11.1 Å². The number of rotatable bonds is 3. The van der Waals surface area contributed by atoms with Crippen molar-refractivity contribution >= 4 is 11.8 Å². The minimum absolute atomic E-state index is 0.342. The fourth-order valence-corrected chi connectivity index (χ4v) is 2.69. The van der Waals surface area contributed by atoms with Crippen LogP contribution in [-0.4, -0.2) is 28.5 Å². The molecule has 0 saturated carbocycles. The summed E-state index contributed by atoms with van der Waals surface area (Å²) in [6.45, 7) is 2.79. The van der Waals surface area contributed by atoms with Gasteiger partial charge in [0.1, 0.15) is 5.82 Å². The Morgan fingerprint density at radius 1 is 1.25 bits per heavy atom. The average molecular weight is 269 g/mol. The van der Waals surface area contributed by atoms with Gasteiger partial charge in [-0.15, -0.1) is 0 Å². The maximum atomic E-state index is 5.78. The monoisotopic (exact) mass is 269 g/mol. The molecule has 1 aliphatic heterocycles. The first-order valence-electron chi connectivity index (χ1n) is 6.85. The van der Waals surface area contributed by atoms with Gasteiger partial charge in [-0.1, -0.05) is 30.3 Å². The number of hydrogen-bond acceptors (Lipinski definition) is 5. The van der Waals surface area contributed by atoms with Gasteiger partial charge in [0.15, 0.2) is 0 Å². The van der Waals surface area contributed by atoms with E-state index in [4.69, 9.17) is 5.73 Å². The fraction of sp³-hybridized carbons (Fsp3) is 0.333. The molecule has 0 bridgehead atoms. The highest BCUT2D eigenvalue weighted by Gasteiger charge is 2.21. The maximum Gasteiger partial charge on any atom is 0.222 e. The van der Waals surface area contributed by atoms with E-state index < -0.39 is 0 Å².